The molecule has 1 fully saturated rings. The zero-order valence-electron chi connectivity index (χ0n) is 11.3. The predicted molar refractivity (Wildman–Crippen MR) is 80.3 cm³/mol. The molecule has 5 nitrogen and oxygen atoms in total. The van der Waals surface area contributed by atoms with Crippen LogP contribution in [0.4, 0.5) is 10.5 Å². The molecule has 0 aromatic heterocycles. The highest BCUT2D eigenvalue weighted by atomic mass is 35.5. The molecule has 1 aliphatic rings. The number of benzene rings is 1. The zero-order chi connectivity index (χ0) is 14.2. The van der Waals surface area contributed by atoms with Crippen molar-refractivity contribution in [2.24, 2.45) is 0 Å². The van der Waals surface area contributed by atoms with Gasteiger partial charge in [0.2, 0.25) is 0 Å². The predicted octanol–water partition coefficient (Wildman–Crippen LogP) is 2.23. The number of rotatable bonds is 5. The molecular formula is C14H20ClN3O2. The molecule has 0 aliphatic carbocycles. The molecule has 20 heavy (non-hydrogen) atoms. The lowest BCUT2D eigenvalue weighted by Gasteiger charge is -2.22. The number of halogens is 1. The molecule has 0 unspecified atom stereocenters. The number of hydrogen-bond acceptors (Lipinski definition) is 3. The topological polar surface area (TPSA) is 62.4 Å². The Morgan fingerprint density at radius 1 is 1.40 bits per heavy atom. The van der Waals surface area contributed by atoms with Crippen molar-refractivity contribution in [3.8, 4) is 0 Å². The molecule has 0 bridgehead atoms. The van der Waals surface area contributed by atoms with Crippen molar-refractivity contribution in [2.45, 2.75) is 18.9 Å². The lowest BCUT2D eigenvalue weighted by molar-refractivity contribution is 0.0358. The minimum atomic E-state index is -0.249. The quantitative estimate of drug-likeness (QED) is 0.730. The molecule has 0 saturated carbocycles. The first kappa shape index (κ1) is 15.1. The van der Waals surface area contributed by atoms with E-state index in [-0.39, 0.29) is 6.03 Å². The van der Waals surface area contributed by atoms with Crippen LogP contribution >= 0.6 is 11.6 Å². The van der Waals surface area contributed by atoms with E-state index in [2.05, 4.69) is 16.0 Å². The fourth-order valence-electron chi connectivity index (χ4n) is 2.09. The highest BCUT2D eigenvalue weighted by Gasteiger charge is 2.12. The molecule has 0 spiro atoms. The normalized spacial score (nSPS) is 15.8. The second kappa shape index (κ2) is 8.09. The number of urea groups is 1. The first-order chi connectivity index (χ1) is 9.74. The summed E-state index contributed by atoms with van der Waals surface area (Å²) in [5.41, 5.74) is 0.675. The van der Waals surface area contributed by atoms with Gasteiger partial charge in [-0.3, -0.25) is 0 Å². The van der Waals surface area contributed by atoms with Gasteiger partial charge in [0.25, 0.3) is 0 Å². The molecule has 2 rings (SSSR count). The van der Waals surface area contributed by atoms with Gasteiger partial charge >= 0.3 is 6.03 Å². The van der Waals surface area contributed by atoms with Crippen molar-refractivity contribution in [1.82, 2.24) is 10.6 Å². The van der Waals surface area contributed by atoms with Crippen LogP contribution in [0.1, 0.15) is 12.8 Å². The molecule has 1 aliphatic heterocycles. The van der Waals surface area contributed by atoms with Crippen molar-refractivity contribution >= 4 is 23.3 Å². The van der Waals surface area contributed by atoms with Crippen LogP contribution in [0, 0.1) is 0 Å². The third-order valence-corrected chi connectivity index (χ3v) is 3.34. The van der Waals surface area contributed by atoms with Crippen LogP contribution in [-0.2, 0) is 4.74 Å². The second-order valence-electron chi connectivity index (χ2n) is 4.71. The van der Waals surface area contributed by atoms with Crippen molar-refractivity contribution < 1.29 is 9.53 Å². The largest absolute Gasteiger partial charge is 0.376 e. The van der Waals surface area contributed by atoms with Crippen LogP contribution in [0.5, 0.6) is 0 Å². The van der Waals surface area contributed by atoms with E-state index in [4.69, 9.17) is 16.3 Å². The van der Waals surface area contributed by atoms with E-state index in [1.165, 1.54) is 0 Å². The molecule has 0 radical (unpaired) electrons. The fourth-order valence-corrected chi connectivity index (χ4v) is 2.28. The molecule has 1 aromatic rings. The van der Waals surface area contributed by atoms with Crippen LogP contribution in [-0.4, -0.2) is 38.4 Å². The van der Waals surface area contributed by atoms with Crippen molar-refractivity contribution in [3.63, 3.8) is 0 Å². The Labute approximate surface area is 124 Å². The van der Waals surface area contributed by atoms with E-state index >= 15 is 0 Å². The molecule has 0 atom stereocenters. The van der Waals surface area contributed by atoms with Crippen LogP contribution in [0.2, 0.25) is 5.02 Å². The Morgan fingerprint density at radius 2 is 2.20 bits per heavy atom. The number of amides is 2. The summed E-state index contributed by atoms with van der Waals surface area (Å²) >= 11 is 5.84. The van der Waals surface area contributed by atoms with Crippen LogP contribution in [0.15, 0.2) is 24.3 Å². The van der Waals surface area contributed by atoms with E-state index in [9.17, 15) is 4.79 Å². The number of piperidine rings is 1. The Kier molecular flexibility index (Phi) is 6.11. The summed E-state index contributed by atoms with van der Waals surface area (Å²) in [7, 11) is 0. The Bertz CT molecular complexity index is 436. The van der Waals surface area contributed by atoms with Gasteiger partial charge in [-0.1, -0.05) is 17.7 Å². The lowest BCUT2D eigenvalue weighted by Crippen LogP contribution is -2.35. The molecule has 1 heterocycles. The van der Waals surface area contributed by atoms with E-state index in [0.717, 1.165) is 25.9 Å². The molecule has 110 valence electrons. The Hall–Kier alpha value is -1.30. The fraction of sp³-hybridized carbons (Fsp3) is 0.500. The van der Waals surface area contributed by atoms with E-state index in [1.54, 1.807) is 24.3 Å². The monoisotopic (exact) mass is 297 g/mol. The number of nitrogens with one attached hydrogen (secondary N) is 3. The van der Waals surface area contributed by atoms with Crippen LogP contribution < -0.4 is 16.0 Å². The second-order valence-corrected chi connectivity index (χ2v) is 5.15. The average Bonchev–Trinajstić information content (AvgIpc) is 2.45. The van der Waals surface area contributed by atoms with E-state index in [1.807, 2.05) is 0 Å². The molecular weight excluding hydrogens is 278 g/mol. The van der Waals surface area contributed by atoms with Crippen molar-refractivity contribution in [1.29, 1.82) is 0 Å². The van der Waals surface area contributed by atoms with Gasteiger partial charge in [0.15, 0.2) is 0 Å². The Morgan fingerprint density at radius 3 is 2.95 bits per heavy atom. The third kappa shape index (κ3) is 5.36. The van der Waals surface area contributed by atoms with E-state index < -0.39 is 0 Å². The summed E-state index contributed by atoms with van der Waals surface area (Å²) in [6.45, 7) is 3.05. The zero-order valence-corrected chi connectivity index (χ0v) is 12.1. The van der Waals surface area contributed by atoms with E-state index in [0.29, 0.717) is 30.0 Å². The molecule has 3 N–H and O–H groups in total. The van der Waals surface area contributed by atoms with Gasteiger partial charge in [0.1, 0.15) is 0 Å². The van der Waals surface area contributed by atoms with Gasteiger partial charge in [0.05, 0.1) is 12.7 Å². The van der Waals surface area contributed by atoms with Crippen LogP contribution in [0.3, 0.4) is 0 Å². The Balaban J connectivity index is 1.60. The highest BCUT2D eigenvalue weighted by Crippen LogP contribution is 2.14. The summed E-state index contributed by atoms with van der Waals surface area (Å²) in [4.78, 5) is 11.6. The van der Waals surface area contributed by atoms with Gasteiger partial charge < -0.3 is 20.7 Å². The standard InChI is InChI=1S/C14H20ClN3O2/c15-11-2-1-3-12(10-11)18-14(19)17-8-9-20-13-4-6-16-7-5-13/h1-3,10,13,16H,4-9H2,(H2,17,18,19). The summed E-state index contributed by atoms with van der Waals surface area (Å²) < 4.78 is 5.70. The number of hydrogen-bond donors (Lipinski definition) is 3. The van der Waals surface area contributed by atoms with Gasteiger partial charge in [-0.2, -0.15) is 0 Å². The number of anilines is 1. The lowest BCUT2D eigenvalue weighted by atomic mass is 10.1. The summed E-state index contributed by atoms with van der Waals surface area (Å²) in [6, 6.07) is 6.79. The summed E-state index contributed by atoms with van der Waals surface area (Å²) in [5.74, 6) is 0. The van der Waals surface area contributed by atoms with Crippen molar-refractivity contribution in [3.05, 3.63) is 29.3 Å². The minimum Gasteiger partial charge on any atom is -0.376 e. The number of carbonyl (C=O) groups excluding carboxylic acids is 1. The highest BCUT2D eigenvalue weighted by molar-refractivity contribution is 6.30. The van der Waals surface area contributed by atoms with Gasteiger partial charge in [0, 0.05) is 17.3 Å². The maximum atomic E-state index is 11.6. The molecule has 2 amide bonds. The summed E-state index contributed by atoms with van der Waals surface area (Å²) in [6.07, 6.45) is 2.39. The third-order valence-electron chi connectivity index (χ3n) is 3.11. The number of ether oxygens (including phenoxy) is 1. The smallest absolute Gasteiger partial charge is 0.319 e. The first-order valence-corrected chi connectivity index (χ1v) is 7.24. The minimum absolute atomic E-state index is 0.249. The van der Waals surface area contributed by atoms with Gasteiger partial charge in [-0.05, 0) is 44.1 Å². The van der Waals surface area contributed by atoms with Gasteiger partial charge in [-0.15, -0.1) is 0 Å². The maximum Gasteiger partial charge on any atom is 0.319 e. The first-order valence-electron chi connectivity index (χ1n) is 6.87. The van der Waals surface area contributed by atoms with Crippen molar-refractivity contribution in [2.75, 3.05) is 31.6 Å². The SMILES string of the molecule is O=C(NCCOC1CCNCC1)Nc1cccc(Cl)c1. The molecule has 1 saturated heterocycles. The average molecular weight is 298 g/mol. The maximum absolute atomic E-state index is 11.6. The summed E-state index contributed by atoms with van der Waals surface area (Å²) in [5, 5.41) is 9.36. The van der Waals surface area contributed by atoms with Crippen LogP contribution in [0.25, 0.3) is 0 Å². The number of carbonyl (C=O) groups is 1. The van der Waals surface area contributed by atoms with Gasteiger partial charge in [-0.25, -0.2) is 4.79 Å². The molecule has 1 aromatic carbocycles. The molecule has 6 heteroatoms.